The quantitative estimate of drug-likeness (QED) is 0.762. The summed E-state index contributed by atoms with van der Waals surface area (Å²) in [7, 11) is 0. The van der Waals surface area contributed by atoms with Crippen molar-refractivity contribution < 1.29 is 23.1 Å². The summed E-state index contributed by atoms with van der Waals surface area (Å²) in [5, 5.41) is 2.12. The molecule has 0 aliphatic rings. The molecule has 0 saturated heterocycles. The predicted octanol–water partition coefficient (Wildman–Crippen LogP) is 2.12. The van der Waals surface area contributed by atoms with Crippen molar-refractivity contribution in [3.8, 4) is 0 Å². The molecule has 0 spiro atoms. The Bertz CT molecular complexity index is 263. The smallest absolute Gasteiger partial charge is 0.408 e. The van der Waals surface area contributed by atoms with Gasteiger partial charge in [0.2, 0.25) is 6.43 Å². The highest BCUT2D eigenvalue weighted by Gasteiger charge is 2.31. The van der Waals surface area contributed by atoms with Crippen molar-refractivity contribution in [3.63, 3.8) is 0 Å². The Labute approximate surface area is 93.3 Å². The first kappa shape index (κ1) is 14.8. The van der Waals surface area contributed by atoms with Crippen molar-refractivity contribution >= 4 is 12.4 Å². The SMILES string of the molecule is CC(C=O)(CC(F)F)NC(=O)OC(C)(C)C. The highest BCUT2D eigenvalue weighted by atomic mass is 19.3. The van der Waals surface area contributed by atoms with Crippen molar-refractivity contribution in [2.24, 2.45) is 0 Å². The maximum absolute atomic E-state index is 12.2. The molecule has 1 N–H and O–H groups in total. The number of rotatable bonds is 4. The molecule has 94 valence electrons. The van der Waals surface area contributed by atoms with Crippen LogP contribution in [0.4, 0.5) is 13.6 Å². The summed E-state index contributed by atoms with van der Waals surface area (Å²) in [6.07, 6.45) is -4.02. The van der Waals surface area contributed by atoms with Gasteiger partial charge < -0.3 is 14.8 Å². The van der Waals surface area contributed by atoms with Gasteiger partial charge in [0, 0.05) is 6.42 Å². The van der Waals surface area contributed by atoms with Gasteiger partial charge in [0.1, 0.15) is 17.4 Å². The van der Waals surface area contributed by atoms with Crippen LogP contribution in [0, 0.1) is 0 Å². The molecule has 0 heterocycles. The Balaban J connectivity index is 4.43. The van der Waals surface area contributed by atoms with Crippen LogP contribution < -0.4 is 5.32 Å². The molecule has 0 radical (unpaired) electrons. The van der Waals surface area contributed by atoms with E-state index in [4.69, 9.17) is 4.74 Å². The van der Waals surface area contributed by atoms with E-state index in [1.807, 2.05) is 0 Å². The number of alkyl halides is 2. The number of nitrogens with one attached hydrogen (secondary N) is 1. The van der Waals surface area contributed by atoms with E-state index < -0.39 is 30.1 Å². The largest absolute Gasteiger partial charge is 0.444 e. The van der Waals surface area contributed by atoms with Crippen LogP contribution in [0.15, 0.2) is 0 Å². The molecule has 0 aromatic carbocycles. The van der Waals surface area contributed by atoms with E-state index in [9.17, 15) is 18.4 Å². The number of aldehydes is 1. The minimum Gasteiger partial charge on any atom is -0.444 e. The molecule has 0 aliphatic carbocycles. The van der Waals surface area contributed by atoms with Crippen LogP contribution in [-0.2, 0) is 9.53 Å². The fraction of sp³-hybridized carbons (Fsp3) is 0.800. The van der Waals surface area contributed by atoms with E-state index >= 15 is 0 Å². The number of hydrogen-bond donors (Lipinski definition) is 1. The van der Waals surface area contributed by atoms with E-state index in [0.717, 1.165) is 0 Å². The van der Waals surface area contributed by atoms with Gasteiger partial charge >= 0.3 is 6.09 Å². The Kier molecular flexibility index (Phi) is 4.83. The second kappa shape index (κ2) is 5.23. The Morgan fingerprint density at radius 3 is 2.19 bits per heavy atom. The molecule has 0 bridgehead atoms. The molecule has 0 rings (SSSR count). The summed E-state index contributed by atoms with van der Waals surface area (Å²) in [5.41, 5.74) is -2.34. The average molecular weight is 237 g/mol. The van der Waals surface area contributed by atoms with E-state index in [2.05, 4.69) is 5.32 Å². The maximum atomic E-state index is 12.2. The Morgan fingerprint density at radius 1 is 1.38 bits per heavy atom. The third-order valence-corrected chi connectivity index (χ3v) is 1.62. The van der Waals surface area contributed by atoms with Gasteiger partial charge in [-0.05, 0) is 27.7 Å². The molecular formula is C10H17F2NO3. The van der Waals surface area contributed by atoms with Gasteiger partial charge in [0.25, 0.3) is 0 Å². The minimum absolute atomic E-state index is 0.281. The number of hydrogen-bond acceptors (Lipinski definition) is 3. The number of alkyl carbamates (subject to hydrolysis) is 1. The summed E-state index contributed by atoms with van der Waals surface area (Å²) in [6.45, 7) is 6.13. The van der Waals surface area contributed by atoms with E-state index in [-0.39, 0.29) is 6.29 Å². The molecule has 4 nitrogen and oxygen atoms in total. The van der Waals surface area contributed by atoms with Crippen molar-refractivity contribution in [2.75, 3.05) is 0 Å². The summed E-state index contributed by atoms with van der Waals surface area (Å²) in [5.74, 6) is 0. The van der Waals surface area contributed by atoms with Gasteiger partial charge in [0.05, 0.1) is 0 Å². The van der Waals surface area contributed by atoms with E-state index in [1.54, 1.807) is 20.8 Å². The lowest BCUT2D eigenvalue weighted by molar-refractivity contribution is -0.114. The lowest BCUT2D eigenvalue weighted by atomic mass is 10.0. The fourth-order valence-electron chi connectivity index (χ4n) is 0.986. The highest BCUT2D eigenvalue weighted by Crippen LogP contribution is 2.15. The zero-order valence-corrected chi connectivity index (χ0v) is 9.84. The van der Waals surface area contributed by atoms with Crippen molar-refractivity contribution in [2.45, 2.75) is 51.7 Å². The zero-order valence-electron chi connectivity index (χ0n) is 9.84. The third-order valence-electron chi connectivity index (χ3n) is 1.62. The van der Waals surface area contributed by atoms with Crippen molar-refractivity contribution in [1.82, 2.24) is 5.32 Å². The van der Waals surface area contributed by atoms with Gasteiger partial charge in [0.15, 0.2) is 0 Å². The molecule has 1 amide bonds. The first-order chi connectivity index (χ1) is 7.08. The van der Waals surface area contributed by atoms with Gasteiger partial charge in [-0.3, -0.25) is 0 Å². The molecule has 16 heavy (non-hydrogen) atoms. The minimum atomic E-state index is -2.68. The van der Waals surface area contributed by atoms with Crippen LogP contribution in [0.5, 0.6) is 0 Å². The topological polar surface area (TPSA) is 55.4 Å². The van der Waals surface area contributed by atoms with Gasteiger partial charge in [-0.1, -0.05) is 0 Å². The second-order valence-corrected chi connectivity index (χ2v) is 4.76. The van der Waals surface area contributed by atoms with E-state index in [0.29, 0.717) is 0 Å². The summed E-state index contributed by atoms with van der Waals surface area (Å²) in [6, 6.07) is 0. The van der Waals surface area contributed by atoms with Crippen LogP contribution >= 0.6 is 0 Å². The molecule has 1 atom stereocenters. The molecule has 0 aromatic heterocycles. The molecular weight excluding hydrogens is 220 g/mol. The molecule has 0 fully saturated rings. The lowest BCUT2D eigenvalue weighted by Crippen LogP contribution is -2.50. The number of carbonyl (C=O) groups is 2. The van der Waals surface area contributed by atoms with Crippen molar-refractivity contribution in [1.29, 1.82) is 0 Å². The van der Waals surface area contributed by atoms with Crippen LogP contribution in [0.1, 0.15) is 34.1 Å². The second-order valence-electron chi connectivity index (χ2n) is 4.76. The van der Waals surface area contributed by atoms with Crippen LogP contribution in [0.25, 0.3) is 0 Å². The number of amides is 1. The maximum Gasteiger partial charge on any atom is 0.408 e. The van der Waals surface area contributed by atoms with E-state index in [1.165, 1.54) is 6.92 Å². The van der Waals surface area contributed by atoms with Crippen molar-refractivity contribution in [3.05, 3.63) is 0 Å². The normalized spacial score (nSPS) is 15.4. The number of ether oxygens (including phenoxy) is 1. The summed E-state index contributed by atoms with van der Waals surface area (Å²) in [4.78, 5) is 21.9. The highest BCUT2D eigenvalue weighted by molar-refractivity contribution is 5.76. The third kappa shape index (κ3) is 6.31. The first-order valence-corrected chi connectivity index (χ1v) is 4.83. The molecule has 0 saturated carbocycles. The standard InChI is InChI=1S/C10H17F2NO3/c1-9(2,3)16-8(15)13-10(4,6-14)5-7(11)12/h6-7H,5H2,1-4H3,(H,13,15). The monoisotopic (exact) mass is 237 g/mol. The van der Waals surface area contributed by atoms with Crippen LogP contribution in [-0.4, -0.2) is 29.9 Å². The summed E-state index contributed by atoms with van der Waals surface area (Å²) < 4.78 is 29.2. The lowest BCUT2D eigenvalue weighted by Gasteiger charge is -2.27. The van der Waals surface area contributed by atoms with Crippen LogP contribution in [0.3, 0.4) is 0 Å². The average Bonchev–Trinajstić information content (AvgIpc) is 1.98. The Hall–Kier alpha value is -1.20. The zero-order chi connectivity index (χ0) is 13.0. The number of halogens is 2. The molecule has 0 aliphatic heterocycles. The molecule has 6 heteroatoms. The van der Waals surface area contributed by atoms with Crippen LogP contribution in [0.2, 0.25) is 0 Å². The number of carbonyl (C=O) groups excluding carboxylic acids is 2. The first-order valence-electron chi connectivity index (χ1n) is 4.83. The van der Waals surface area contributed by atoms with Gasteiger partial charge in [-0.15, -0.1) is 0 Å². The van der Waals surface area contributed by atoms with Gasteiger partial charge in [-0.2, -0.15) is 0 Å². The Morgan fingerprint density at radius 2 is 1.88 bits per heavy atom. The predicted molar refractivity (Wildman–Crippen MR) is 54.5 cm³/mol. The van der Waals surface area contributed by atoms with Gasteiger partial charge in [-0.25, -0.2) is 13.6 Å². The summed E-state index contributed by atoms with van der Waals surface area (Å²) >= 11 is 0. The molecule has 0 aromatic rings. The molecule has 1 unspecified atom stereocenters. The fourth-order valence-corrected chi connectivity index (χ4v) is 0.986.